The molecular formula is C23H24F2N2O4. The van der Waals surface area contributed by atoms with Crippen LogP contribution in [0.4, 0.5) is 8.78 Å². The van der Waals surface area contributed by atoms with Gasteiger partial charge in [-0.05, 0) is 29.8 Å². The largest absolute Gasteiger partial charge is 0.492 e. The number of nitrogens with zero attached hydrogens (tertiary/aromatic N) is 2. The number of hydrogen-bond donors (Lipinski definition) is 1. The Balaban J connectivity index is 1.41. The van der Waals surface area contributed by atoms with Crippen molar-refractivity contribution < 1.29 is 23.0 Å². The Morgan fingerprint density at radius 3 is 2.42 bits per heavy atom. The number of ether oxygens (including phenoxy) is 1. The Morgan fingerprint density at radius 2 is 1.71 bits per heavy atom. The molecule has 0 aliphatic carbocycles. The molecule has 0 atom stereocenters. The van der Waals surface area contributed by atoms with Crippen LogP contribution in [-0.4, -0.2) is 67.4 Å². The number of aliphatic hydroxyl groups is 1. The zero-order valence-electron chi connectivity index (χ0n) is 17.0. The van der Waals surface area contributed by atoms with E-state index >= 15 is 0 Å². The van der Waals surface area contributed by atoms with Gasteiger partial charge in [0.2, 0.25) is 0 Å². The van der Waals surface area contributed by atoms with Crippen LogP contribution in [0.3, 0.4) is 0 Å². The summed E-state index contributed by atoms with van der Waals surface area (Å²) in [7, 11) is 0. The van der Waals surface area contributed by atoms with E-state index in [0.29, 0.717) is 29.9 Å². The highest BCUT2D eigenvalue weighted by atomic mass is 19.2. The standard InChI is InChI=1S/C23H24F2N2O4/c24-20-4-1-16(13-21(20)25)19-15-31-22-14-17(2-3-18(22)23(19)29)30-12-10-27-7-5-26(6-8-27)9-11-28/h1-4,13-15,28H,5-12H2. The van der Waals surface area contributed by atoms with E-state index in [1.165, 1.54) is 12.3 Å². The molecule has 0 unspecified atom stereocenters. The van der Waals surface area contributed by atoms with E-state index in [-0.39, 0.29) is 23.2 Å². The van der Waals surface area contributed by atoms with Crippen molar-refractivity contribution in [2.45, 2.75) is 0 Å². The predicted octanol–water partition coefficient (Wildman–Crippen LogP) is 2.73. The molecule has 3 aromatic rings. The molecule has 8 heteroatoms. The summed E-state index contributed by atoms with van der Waals surface area (Å²) in [6, 6.07) is 8.29. The van der Waals surface area contributed by atoms with Gasteiger partial charge in [0.15, 0.2) is 17.1 Å². The molecule has 31 heavy (non-hydrogen) atoms. The molecule has 1 aromatic heterocycles. The summed E-state index contributed by atoms with van der Waals surface area (Å²) < 4.78 is 38.1. The van der Waals surface area contributed by atoms with Gasteiger partial charge < -0.3 is 14.3 Å². The number of benzene rings is 2. The van der Waals surface area contributed by atoms with Crippen LogP contribution in [0, 0.1) is 11.6 Å². The SMILES string of the molecule is O=c1c(-c2ccc(F)c(F)c2)coc2cc(OCCN3CCN(CCO)CC3)ccc12. The summed E-state index contributed by atoms with van der Waals surface area (Å²) in [6.45, 7) is 5.91. The number of fused-ring (bicyclic) bond motifs is 1. The van der Waals surface area contributed by atoms with Gasteiger partial charge in [0.25, 0.3) is 0 Å². The second-order valence-corrected chi connectivity index (χ2v) is 7.52. The number of piperazine rings is 1. The van der Waals surface area contributed by atoms with Gasteiger partial charge in [-0.15, -0.1) is 0 Å². The third-order valence-electron chi connectivity index (χ3n) is 5.53. The molecule has 6 nitrogen and oxygen atoms in total. The lowest BCUT2D eigenvalue weighted by atomic mass is 10.1. The first-order valence-electron chi connectivity index (χ1n) is 10.2. The summed E-state index contributed by atoms with van der Waals surface area (Å²) in [5.41, 5.74) is 0.473. The minimum atomic E-state index is -1.02. The van der Waals surface area contributed by atoms with Gasteiger partial charge in [0, 0.05) is 45.3 Å². The Bertz CT molecular complexity index is 1110. The van der Waals surface area contributed by atoms with Gasteiger partial charge in [-0.1, -0.05) is 6.07 Å². The normalized spacial score (nSPS) is 15.5. The average Bonchev–Trinajstić information content (AvgIpc) is 2.77. The van der Waals surface area contributed by atoms with E-state index in [2.05, 4.69) is 9.80 Å². The van der Waals surface area contributed by atoms with Gasteiger partial charge in [-0.2, -0.15) is 0 Å². The first-order chi connectivity index (χ1) is 15.0. The maximum absolute atomic E-state index is 13.5. The molecule has 1 aliphatic heterocycles. The number of β-amino-alcohol motifs (C(OH)–C–C–N with tert-alkyl or cyclic N) is 1. The van der Waals surface area contributed by atoms with Crippen molar-refractivity contribution in [3.05, 3.63) is 64.5 Å². The summed E-state index contributed by atoms with van der Waals surface area (Å²) in [4.78, 5) is 17.3. The van der Waals surface area contributed by atoms with Crippen molar-refractivity contribution in [3.63, 3.8) is 0 Å². The highest BCUT2D eigenvalue weighted by molar-refractivity contribution is 5.82. The molecule has 0 saturated carbocycles. The highest BCUT2D eigenvalue weighted by Gasteiger charge is 2.16. The Labute approximate surface area is 178 Å². The van der Waals surface area contributed by atoms with Crippen LogP contribution in [-0.2, 0) is 0 Å². The number of aliphatic hydroxyl groups excluding tert-OH is 1. The van der Waals surface area contributed by atoms with E-state index in [4.69, 9.17) is 14.3 Å². The van der Waals surface area contributed by atoms with Crippen molar-refractivity contribution in [1.29, 1.82) is 0 Å². The highest BCUT2D eigenvalue weighted by Crippen LogP contribution is 2.24. The predicted molar refractivity (Wildman–Crippen MR) is 113 cm³/mol. The minimum Gasteiger partial charge on any atom is -0.492 e. The summed E-state index contributed by atoms with van der Waals surface area (Å²) >= 11 is 0. The second-order valence-electron chi connectivity index (χ2n) is 7.52. The average molecular weight is 430 g/mol. The molecule has 4 rings (SSSR count). The molecule has 2 heterocycles. The van der Waals surface area contributed by atoms with Crippen molar-refractivity contribution in [2.24, 2.45) is 0 Å². The zero-order valence-corrected chi connectivity index (χ0v) is 17.0. The first kappa shape index (κ1) is 21.4. The van der Waals surface area contributed by atoms with Gasteiger partial charge >= 0.3 is 0 Å². The van der Waals surface area contributed by atoms with E-state index in [1.54, 1.807) is 18.2 Å². The van der Waals surface area contributed by atoms with Crippen molar-refractivity contribution in [3.8, 4) is 16.9 Å². The Kier molecular flexibility index (Phi) is 6.60. The van der Waals surface area contributed by atoms with E-state index < -0.39 is 11.6 Å². The Morgan fingerprint density at radius 1 is 0.968 bits per heavy atom. The van der Waals surface area contributed by atoms with Crippen molar-refractivity contribution in [1.82, 2.24) is 9.80 Å². The van der Waals surface area contributed by atoms with Crippen molar-refractivity contribution >= 4 is 11.0 Å². The summed E-state index contributed by atoms with van der Waals surface area (Å²) in [5.74, 6) is -1.39. The van der Waals surface area contributed by atoms with Crippen LogP contribution in [0.1, 0.15) is 0 Å². The fourth-order valence-corrected chi connectivity index (χ4v) is 3.73. The molecule has 0 amide bonds. The molecular weight excluding hydrogens is 406 g/mol. The monoisotopic (exact) mass is 430 g/mol. The lowest BCUT2D eigenvalue weighted by Gasteiger charge is -2.34. The van der Waals surface area contributed by atoms with Crippen molar-refractivity contribution in [2.75, 3.05) is 52.5 Å². The van der Waals surface area contributed by atoms with Crippen LogP contribution in [0.25, 0.3) is 22.1 Å². The van der Waals surface area contributed by atoms with Crippen LogP contribution < -0.4 is 10.2 Å². The molecule has 2 aromatic carbocycles. The number of rotatable bonds is 7. The molecule has 0 bridgehead atoms. The second kappa shape index (κ2) is 9.55. The van der Waals surface area contributed by atoms with Crippen LogP contribution in [0.2, 0.25) is 0 Å². The quantitative estimate of drug-likeness (QED) is 0.622. The third-order valence-corrected chi connectivity index (χ3v) is 5.53. The fourth-order valence-electron chi connectivity index (χ4n) is 3.73. The Hall–Kier alpha value is -2.81. The molecule has 1 aliphatic rings. The smallest absolute Gasteiger partial charge is 0.200 e. The van der Waals surface area contributed by atoms with Gasteiger partial charge in [-0.3, -0.25) is 14.6 Å². The van der Waals surface area contributed by atoms with Crippen LogP contribution in [0.5, 0.6) is 5.75 Å². The minimum absolute atomic E-state index is 0.167. The number of hydrogen-bond acceptors (Lipinski definition) is 6. The third kappa shape index (κ3) is 4.92. The summed E-state index contributed by atoms with van der Waals surface area (Å²) in [5, 5.41) is 9.35. The van der Waals surface area contributed by atoms with E-state index in [0.717, 1.165) is 44.9 Å². The lowest BCUT2D eigenvalue weighted by Crippen LogP contribution is -2.48. The maximum atomic E-state index is 13.5. The molecule has 1 saturated heterocycles. The first-order valence-corrected chi connectivity index (χ1v) is 10.2. The van der Waals surface area contributed by atoms with E-state index in [1.807, 2.05) is 0 Å². The van der Waals surface area contributed by atoms with Gasteiger partial charge in [0.1, 0.15) is 24.2 Å². The molecule has 164 valence electrons. The van der Waals surface area contributed by atoms with E-state index in [9.17, 15) is 13.6 Å². The molecule has 1 N–H and O–H groups in total. The molecule has 0 spiro atoms. The maximum Gasteiger partial charge on any atom is 0.200 e. The topological polar surface area (TPSA) is 66.2 Å². The molecule has 0 radical (unpaired) electrons. The molecule has 1 fully saturated rings. The summed E-state index contributed by atoms with van der Waals surface area (Å²) in [6.07, 6.45) is 1.26. The van der Waals surface area contributed by atoms with Gasteiger partial charge in [-0.25, -0.2) is 8.78 Å². The van der Waals surface area contributed by atoms with Gasteiger partial charge in [0.05, 0.1) is 17.6 Å². The van der Waals surface area contributed by atoms with Crippen LogP contribution >= 0.6 is 0 Å². The fraction of sp³-hybridized carbons (Fsp3) is 0.348. The van der Waals surface area contributed by atoms with Crippen LogP contribution in [0.15, 0.2) is 51.9 Å². The lowest BCUT2D eigenvalue weighted by molar-refractivity contribution is 0.102. The number of halogens is 2. The zero-order chi connectivity index (χ0) is 21.8.